The second-order valence-corrected chi connectivity index (χ2v) is 7.67. The van der Waals surface area contributed by atoms with Crippen molar-refractivity contribution in [3.05, 3.63) is 59.8 Å². The molecule has 0 spiro atoms. The van der Waals surface area contributed by atoms with Crippen LogP contribution in [0.5, 0.6) is 0 Å². The third-order valence-electron chi connectivity index (χ3n) is 5.12. The number of nitrogens with one attached hydrogen (secondary N) is 2. The summed E-state index contributed by atoms with van der Waals surface area (Å²) >= 11 is 0. The maximum atomic E-state index is 9.84. The Hall–Kier alpha value is -3.36. The fourth-order valence-electron chi connectivity index (χ4n) is 3.75. The number of rotatable bonds is 5. The molecule has 1 unspecified atom stereocenters. The summed E-state index contributed by atoms with van der Waals surface area (Å²) in [5, 5.41) is 17.8. The Morgan fingerprint density at radius 1 is 1.17 bits per heavy atom. The van der Waals surface area contributed by atoms with E-state index in [1.54, 1.807) is 17.8 Å². The molecule has 8 nitrogen and oxygen atoms in total. The van der Waals surface area contributed by atoms with Crippen LogP contribution in [0.25, 0.3) is 34.0 Å². The minimum Gasteiger partial charge on any atom is -0.391 e. The van der Waals surface area contributed by atoms with Gasteiger partial charge in [-0.3, -0.25) is 14.6 Å². The van der Waals surface area contributed by atoms with Gasteiger partial charge in [-0.1, -0.05) is 6.07 Å². The first-order chi connectivity index (χ1) is 14.6. The number of hydrogen-bond acceptors (Lipinski definition) is 6. The van der Waals surface area contributed by atoms with E-state index in [2.05, 4.69) is 25.3 Å². The first kappa shape index (κ1) is 18.7. The van der Waals surface area contributed by atoms with Crippen LogP contribution in [-0.4, -0.2) is 40.9 Å². The van der Waals surface area contributed by atoms with Gasteiger partial charge in [-0.15, -0.1) is 0 Å². The number of fused-ring (bicyclic) bond motifs is 1. The van der Waals surface area contributed by atoms with Gasteiger partial charge in [0.1, 0.15) is 11.4 Å². The lowest BCUT2D eigenvalue weighted by Crippen LogP contribution is -2.12. The number of imidazole rings is 1. The molecular weight excluding hydrogens is 378 g/mol. The molecule has 0 aliphatic carbocycles. The van der Waals surface area contributed by atoms with Gasteiger partial charge < -0.3 is 15.4 Å². The van der Waals surface area contributed by atoms with Crippen LogP contribution in [-0.2, 0) is 19.6 Å². The summed E-state index contributed by atoms with van der Waals surface area (Å²) in [5.41, 5.74) is 7.38. The minimum absolute atomic E-state index is 0.411. The first-order valence-corrected chi connectivity index (χ1v) is 10.0. The molecule has 0 fully saturated rings. The van der Waals surface area contributed by atoms with Crippen LogP contribution < -0.4 is 5.32 Å². The highest BCUT2D eigenvalue weighted by atomic mass is 16.3. The predicted octanol–water partition coefficient (Wildman–Crippen LogP) is 2.69. The van der Waals surface area contributed by atoms with E-state index in [1.807, 2.05) is 43.5 Å². The normalized spacial score (nSPS) is 14.1. The molecule has 5 heterocycles. The maximum Gasteiger partial charge on any atom is 0.156 e. The van der Waals surface area contributed by atoms with Crippen molar-refractivity contribution in [2.45, 2.75) is 39.6 Å². The summed E-state index contributed by atoms with van der Waals surface area (Å²) in [7, 11) is 0. The fourth-order valence-corrected chi connectivity index (χ4v) is 3.75. The number of hydrogen-bond donors (Lipinski definition) is 3. The van der Waals surface area contributed by atoms with Gasteiger partial charge in [0.15, 0.2) is 5.82 Å². The van der Waals surface area contributed by atoms with Crippen molar-refractivity contribution in [3.8, 4) is 34.0 Å². The van der Waals surface area contributed by atoms with E-state index in [0.717, 1.165) is 64.2 Å². The first-order valence-electron chi connectivity index (χ1n) is 10.0. The number of aliphatic hydroxyl groups is 1. The van der Waals surface area contributed by atoms with Gasteiger partial charge in [0.25, 0.3) is 0 Å². The lowest BCUT2D eigenvalue weighted by Gasteiger charge is -2.05. The topological polar surface area (TPSA) is 105 Å². The Labute approximate surface area is 174 Å². The van der Waals surface area contributed by atoms with E-state index in [0.29, 0.717) is 6.54 Å². The van der Waals surface area contributed by atoms with Gasteiger partial charge in [0, 0.05) is 36.7 Å². The second-order valence-electron chi connectivity index (χ2n) is 7.67. The summed E-state index contributed by atoms with van der Waals surface area (Å²) in [6.07, 6.45) is 3.25. The van der Waals surface area contributed by atoms with Crippen LogP contribution in [0.3, 0.4) is 0 Å². The van der Waals surface area contributed by atoms with Crippen molar-refractivity contribution in [2.75, 3.05) is 0 Å². The summed E-state index contributed by atoms with van der Waals surface area (Å²) in [6, 6.07) is 9.88. The molecule has 8 heteroatoms. The van der Waals surface area contributed by atoms with E-state index < -0.39 is 6.10 Å². The number of aryl methyl sites for hydroxylation is 1. The summed E-state index contributed by atoms with van der Waals surface area (Å²) in [6.45, 7) is 5.71. The highest BCUT2D eigenvalue weighted by Crippen LogP contribution is 2.32. The number of aliphatic hydroxyl groups excluding tert-OH is 1. The van der Waals surface area contributed by atoms with Crippen LogP contribution in [0.2, 0.25) is 0 Å². The van der Waals surface area contributed by atoms with Gasteiger partial charge >= 0.3 is 0 Å². The van der Waals surface area contributed by atoms with Crippen LogP contribution in [0, 0.1) is 6.92 Å². The standard InChI is InChI=1S/C22H23N7O/c1-13-4-3-5-17(25-13)21-16(12-29(28-21)11-14(2)30)15-6-7-24-18(8-15)22-26-19-9-23-10-20(19)27-22/h3-8,12,14,23,30H,9-11H2,1-2H3,(H,26,27). The molecule has 5 rings (SSSR count). The molecule has 152 valence electrons. The lowest BCUT2D eigenvalue weighted by atomic mass is 10.0. The Morgan fingerprint density at radius 3 is 2.87 bits per heavy atom. The van der Waals surface area contributed by atoms with Gasteiger partial charge in [-0.2, -0.15) is 5.10 Å². The SMILES string of the molecule is Cc1cccc(-c2nn(CC(C)O)cc2-c2ccnc(-c3nc4c([nH]3)CNC4)c2)n1. The zero-order chi connectivity index (χ0) is 20.7. The average molecular weight is 401 g/mol. The molecule has 1 aliphatic rings. The maximum absolute atomic E-state index is 9.84. The molecule has 0 saturated carbocycles. The Bertz CT molecular complexity index is 1190. The highest BCUT2D eigenvalue weighted by molar-refractivity contribution is 5.80. The van der Waals surface area contributed by atoms with Gasteiger partial charge in [0.05, 0.1) is 29.7 Å². The number of H-pyrrole nitrogens is 1. The van der Waals surface area contributed by atoms with Crippen molar-refractivity contribution in [2.24, 2.45) is 0 Å². The quantitative estimate of drug-likeness (QED) is 0.475. The number of nitrogens with zero attached hydrogens (tertiary/aromatic N) is 5. The van der Waals surface area contributed by atoms with Crippen LogP contribution in [0.1, 0.15) is 24.0 Å². The van der Waals surface area contributed by atoms with Crippen molar-refractivity contribution >= 4 is 0 Å². The number of aromatic nitrogens is 6. The zero-order valence-electron chi connectivity index (χ0n) is 16.9. The smallest absolute Gasteiger partial charge is 0.156 e. The van der Waals surface area contributed by atoms with E-state index in [9.17, 15) is 5.11 Å². The van der Waals surface area contributed by atoms with Gasteiger partial charge in [-0.05, 0) is 43.7 Å². The highest BCUT2D eigenvalue weighted by Gasteiger charge is 2.19. The molecule has 0 amide bonds. The zero-order valence-corrected chi connectivity index (χ0v) is 16.9. The molecule has 1 atom stereocenters. The van der Waals surface area contributed by atoms with Crippen molar-refractivity contribution in [1.82, 2.24) is 35.0 Å². The minimum atomic E-state index is -0.497. The molecule has 0 saturated heterocycles. The Morgan fingerprint density at radius 2 is 2.07 bits per heavy atom. The molecular formula is C22H23N7O. The number of pyridine rings is 2. The van der Waals surface area contributed by atoms with Crippen molar-refractivity contribution < 1.29 is 5.11 Å². The van der Waals surface area contributed by atoms with Crippen molar-refractivity contribution in [3.63, 3.8) is 0 Å². The van der Waals surface area contributed by atoms with E-state index in [1.165, 1.54) is 0 Å². The van der Waals surface area contributed by atoms with Crippen LogP contribution in [0.15, 0.2) is 42.7 Å². The molecule has 0 radical (unpaired) electrons. The summed E-state index contributed by atoms with van der Waals surface area (Å²) < 4.78 is 1.77. The second kappa shape index (κ2) is 7.47. The molecule has 1 aliphatic heterocycles. The largest absolute Gasteiger partial charge is 0.391 e. The third-order valence-corrected chi connectivity index (χ3v) is 5.12. The molecule has 30 heavy (non-hydrogen) atoms. The third kappa shape index (κ3) is 3.51. The number of aromatic amines is 1. The predicted molar refractivity (Wildman–Crippen MR) is 113 cm³/mol. The monoisotopic (exact) mass is 401 g/mol. The lowest BCUT2D eigenvalue weighted by molar-refractivity contribution is 0.168. The van der Waals surface area contributed by atoms with Crippen LogP contribution in [0.4, 0.5) is 0 Å². The Kier molecular flexibility index (Phi) is 4.65. The molecule has 4 aromatic heterocycles. The van der Waals surface area contributed by atoms with Crippen LogP contribution >= 0.6 is 0 Å². The molecule has 4 aromatic rings. The molecule has 0 aromatic carbocycles. The van der Waals surface area contributed by atoms with E-state index >= 15 is 0 Å². The Balaban J connectivity index is 1.59. The van der Waals surface area contributed by atoms with Gasteiger partial charge in [-0.25, -0.2) is 4.98 Å². The summed E-state index contributed by atoms with van der Waals surface area (Å²) in [5.74, 6) is 0.773. The van der Waals surface area contributed by atoms with Gasteiger partial charge in [0.2, 0.25) is 0 Å². The van der Waals surface area contributed by atoms with Crippen molar-refractivity contribution in [1.29, 1.82) is 0 Å². The average Bonchev–Trinajstić information content (AvgIpc) is 3.42. The summed E-state index contributed by atoms with van der Waals surface area (Å²) in [4.78, 5) is 17.2. The van der Waals surface area contributed by atoms with E-state index in [-0.39, 0.29) is 0 Å². The molecule has 0 bridgehead atoms. The molecule has 3 N–H and O–H groups in total. The van der Waals surface area contributed by atoms with E-state index in [4.69, 9.17) is 5.10 Å². The fraction of sp³-hybridized carbons (Fsp3) is 0.273.